The van der Waals surface area contributed by atoms with Gasteiger partial charge in [-0.1, -0.05) is 35.9 Å². The quantitative estimate of drug-likeness (QED) is 0.925. The van der Waals surface area contributed by atoms with E-state index >= 15 is 0 Å². The number of nitriles is 1. The number of nitrogens with zero attached hydrogens (tertiary/aromatic N) is 2. The second-order valence-corrected chi connectivity index (χ2v) is 4.65. The lowest BCUT2D eigenvalue weighted by atomic mass is 10.1. The molecule has 0 atom stereocenters. The smallest absolute Gasteiger partial charge is 0.145 e. The predicted octanol–water partition coefficient (Wildman–Crippen LogP) is 3.57. The van der Waals surface area contributed by atoms with Gasteiger partial charge >= 0.3 is 0 Å². The highest BCUT2D eigenvalue weighted by atomic mass is 35.5. The third kappa shape index (κ3) is 3.46. The van der Waals surface area contributed by atoms with Crippen LogP contribution in [0.15, 0.2) is 36.4 Å². The van der Waals surface area contributed by atoms with Gasteiger partial charge in [0.2, 0.25) is 0 Å². The number of rotatable bonds is 4. The number of halogens is 1. The van der Waals surface area contributed by atoms with Crippen LogP contribution in [-0.4, -0.2) is 11.5 Å². The molecular formula is C15H14ClN3. The van der Waals surface area contributed by atoms with Gasteiger partial charge in [0.1, 0.15) is 17.6 Å². The molecule has 0 bridgehead atoms. The van der Waals surface area contributed by atoms with Crippen LogP contribution in [0.25, 0.3) is 0 Å². The van der Waals surface area contributed by atoms with Gasteiger partial charge in [0.15, 0.2) is 0 Å². The number of hydrogen-bond acceptors (Lipinski definition) is 3. The SMILES string of the molecule is Cc1ccc(NCCc2ccccc2Cl)nc1C#N. The lowest BCUT2D eigenvalue weighted by molar-refractivity contribution is 1.00. The van der Waals surface area contributed by atoms with Crippen molar-refractivity contribution in [1.29, 1.82) is 5.26 Å². The van der Waals surface area contributed by atoms with E-state index in [4.69, 9.17) is 16.9 Å². The number of benzene rings is 1. The Morgan fingerprint density at radius 3 is 2.79 bits per heavy atom. The zero-order chi connectivity index (χ0) is 13.7. The van der Waals surface area contributed by atoms with Gasteiger partial charge in [0.25, 0.3) is 0 Å². The summed E-state index contributed by atoms with van der Waals surface area (Å²) in [7, 11) is 0. The van der Waals surface area contributed by atoms with Crippen molar-refractivity contribution in [3.63, 3.8) is 0 Å². The van der Waals surface area contributed by atoms with Gasteiger partial charge in [-0.2, -0.15) is 5.26 Å². The zero-order valence-electron chi connectivity index (χ0n) is 10.7. The van der Waals surface area contributed by atoms with E-state index in [9.17, 15) is 0 Å². The van der Waals surface area contributed by atoms with Crippen molar-refractivity contribution in [1.82, 2.24) is 4.98 Å². The lowest BCUT2D eigenvalue weighted by Gasteiger charge is -2.07. The average molecular weight is 272 g/mol. The van der Waals surface area contributed by atoms with Gasteiger partial charge < -0.3 is 5.32 Å². The van der Waals surface area contributed by atoms with Crippen LogP contribution in [0.3, 0.4) is 0 Å². The molecule has 0 aliphatic heterocycles. The van der Waals surface area contributed by atoms with Gasteiger partial charge in [-0.05, 0) is 36.6 Å². The van der Waals surface area contributed by atoms with E-state index in [2.05, 4.69) is 16.4 Å². The minimum absolute atomic E-state index is 0.461. The fraction of sp³-hybridized carbons (Fsp3) is 0.200. The summed E-state index contributed by atoms with van der Waals surface area (Å²) in [5.41, 5.74) is 2.45. The van der Waals surface area contributed by atoms with Gasteiger partial charge in [-0.3, -0.25) is 0 Å². The number of pyridine rings is 1. The van der Waals surface area contributed by atoms with E-state index in [0.29, 0.717) is 11.5 Å². The molecule has 0 fully saturated rings. The van der Waals surface area contributed by atoms with Crippen LogP contribution in [0, 0.1) is 18.3 Å². The molecule has 4 heteroatoms. The molecule has 1 heterocycles. The summed E-state index contributed by atoms with van der Waals surface area (Å²) in [5.74, 6) is 0.717. The van der Waals surface area contributed by atoms with Crippen molar-refractivity contribution in [3.05, 3.63) is 58.2 Å². The molecule has 1 N–H and O–H groups in total. The maximum atomic E-state index is 8.92. The molecule has 2 rings (SSSR count). The fourth-order valence-corrected chi connectivity index (χ4v) is 2.00. The average Bonchev–Trinajstić information content (AvgIpc) is 2.43. The molecule has 0 aliphatic carbocycles. The van der Waals surface area contributed by atoms with Crippen molar-refractivity contribution < 1.29 is 0 Å². The molecular weight excluding hydrogens is 258 g/mol. The van der Waals surface area contributed by atoms with Crippen molar-refractivity contribution in [2.75, 3.05) is 11.9 Å². The van der Waals surface area contributed by atoms with Crippen molar-refractivity contribution in [3.8, 4) is 6.07 Å². The Kier molecular flexibility index (Phi) is 4.38. The molecule has 0 saturated carbocycles. The molecule has 0 saturated heterocycles. The minimum Gasteiger partial charge on any atom is -0.370 e. The molecule has 1 aromatic heterocycles. The fourth-order valence-electron chi connectivity index (χ4n) is 1.77. The summed E-state index contributed by atoms with van der Waals surface area (Å²) in [6.07, 6.45) is 0.817. The number of aromatic nitrogens is 1. The molecule has 1 aromatic carbocycles. The van der Waals surface area contributed by atoms with Crippen molar-refractivity contribution in [2.24, 2.45) is 0 Å². The largest absolute Gasteiger partial charge is 0.370 e. The predicted molar refractivity (Wildman–Crippen MR) is 77.3 cm³/mol. The van der Waals surface area contributed by atoms with Crippen LogP contribution >= 0.6 is 11.6 Å². The van der Waals surface area contributed by atoms with Gasteiger partial charge in [0.05, 0.1) is 0 Å². The van der Waals surface area contributed by atoms with Gasteiger partial charge in [0, 0.05) is 11.6 Å². The Balaban J connectivity index is 1.97. The third-order valence-electron chi connectivity index (χ3n) is 2.86. The molecule has 0 amide bonds. The van der Waals surface area contributed by atoms with Gasteiger partial charge in [-0.25, -0.2) is 4.98 Å². The molecule has 0 radical (unpaired) electrons. The topological polar surface area (TPSA) is 48.7 Å². The van der Waals surface area contributed by atoms with E-state index < -0.39 is 0 Å². The third-order valence-corrected chi connectivity index (χ3v) is 3.23. The first-order valence-corrected chi connectivity index (χ1v) is 6.43. The monoisotopic (exact) mass is 271 g/mol. The van der Waals surface area contributed by atoms with Crippen LogP contribution in [-0.2, 0) is 6.42 Å². The summed E-state index contributed by atoms with van der Waals surface area (Å²) in [6, 6.07) is 13.6. The second kappa shape index (κ2) is 6.21. The first-order chi connectivity index (χ1) is 9.20. The number of anilines is 1. The summed E-state index contributed by atoms with van der Waals surface area (Å²) >= 11 is 6.09. The maximum Gasteiger partial charge on any atom is 0.145 e. The Labute approximate surface area is 117 Å². The first-order valence-electron chi connectivity index (χ1n) is 6.05. The van der Waals surface area contributed by atoms with Crippen molar-refractivity contribution in [2.45, 2.75) is 13.3 Å². The summed E-state index contributed by atoms with van der Waals surface area (Å²) < 4.78 is 0. The number of aryl methyl sites for hydroxylation is 1. The van der Waals surface area contributed by atoms with E-state index in [-0.39, 0.29) is 0 Å². The molecule has 3 nitrogen and oxygen atoms in total. The molecule has 2 aromatic rings. The summed E-state index contributed by atoms with van der Waals surface area (Å²) in [5, 5.41) is 12.9. The van der Waals surface area contributed by atoms with E-state index in [0.717, 1.165) is 29.1 Å². The maximum absolute atomic E-state index is 8.92. The second-order valence-electron chi connectivity index (χ2n) is 4.24. The van der Waals surface area contributed by atoms with Crippen LogP contribution in [0.1, 0.15) is 16.8 Å². The molecule has 0 spiro atoms. The highest BCUT2D eigenvalue weighted by molar-refractivity contribution is 6.31. The van der Waals surface area contributed by atoms with Crippen LogP contribution in [0.2, 0.25) is 5.02 Å². The zero-order valence-corrected chi connectivity index (χ0v) is 11.4. The van der Waals surface area contributed by atoms with Crippen LogP contribution in [0.5, 0.6) is 0 Å². The lowest BCUT2D eigenvalue weighted by Crippen LogP contribution is -2.07. The standard InChI is InChI=1S/C15H14ClN3/c1-11-6-7-15(19-14(11)10-17)18-9-8-12-4-2-3-5-13(12)16/h2-7H,8-9H2,1H3,(H,18,19). The summed E-state index contributed by atoms with van der Waals surface area (Å²) in [4.78, 5) is 4.24. The molecule has 0 unspecified atom stereocenters. The molecule has 96 valence electrons. The van der Waals surface area contributed by atoms with E-state index in [1.54, 1.807) is 0 Å². The van der Waals surface area contributed by atoms with Crippen molar-refractivity contribution >= 4 is 17.4 Å². The highest BCUT2D eigenvalue weighted by Gasteiger charge is 2.02. The summed E-state index contributed by atoms with van der Waals surface area (Å²) in [6.45, 7) is 2.60. The Bertz CT molecular complexity index is 617. The normalized spacial score (nSPS) is 9.95. The van der Waals surface area contributed by atoms with Crippen LogP contribution in [0.4, 0.5) is 5.82 Å². The molecule has 0 aliphatic rings. The Morgan fingerprint density at radius 1 is 1.26 bits per heavy atom. The van der Waals surface area contributed by atoms with Crippen LogP contribution < -0.4 is 5.32 Å². The number of nitrogens with one attached hydrogen (secondary N) is 1. The van der Waals surface area contributed by atoms with Gasteiger partial charge in [-0.15, -0.1) is 0 Å². The highest BCUT2D eigenvalue weighted by Crippen LogP contribution is 2.15. The Morgan fingerprint density at radius 2 is 2.05 bits per heavy atom. The Hall–Kier alpha value is -2.05. The van der Waals surface area contributed by atoms with E-state index in [1.807, 2.05) is 43.3 Å². The first kappa shape index (κ1) is 13.4. The van der Waals surface area contributed by atoms with E-state index in [1.165, 1.54) is 0 Å². The minimum atomic E-state index is 0.461. The molecule has 19 heavy (non-hydrogen) atoms. The number of hydrogen-bond donors (Lipinski definition) is 1.